The number of carbonyl (C=O) groups excluding carboxylic acids is 1. The number of hydrogen-bond acceptors (Lipinski definition) is 1. The van der Waals surface area contributed by atoms with E-state index in [0.29, 0.717) is 0 Å². The van der Waals surface area contributed by atoms with Gasteiger partial charge in [0.1, 0.15) is 5.56 Å². The minimum atomic E-state index is 0.0520. The van der Waals surface area contributed by atoms with Crippen LogP contribution in [0.4, 0.5) is 0 Å². The standard InChI is InChI=1S/C20H19N2O/c1-21(2)20(23)17-13-15-8-4-6-10-18(15)22-12-11-14-7-3-5-9-16(14)19(17)22/h3-10,13H,11-12H2,1-2H3/q+1. The molecule has 0 radical (unpaired) electrons. The Kier molecular flexibility index (Phi) is 3.15. The number of carbonyl (C=O) groups is 1. The topological polar surface area (TPSA) is 24.2 Å². The number of aromatic nitrogens is 1. The van der Waals surface area contributed by atoms with Gasteiger partial charge in [0.05, 0.1) is 5.56 Å². The second-order valence-corrected chi connectivity index (χ2v) is 6.22. The van der Waals surface area contributed by atoms with Gasteiger partial charge in [0.2, 0.25) is 11.2 Å². The number of benzene rings is 2. The molecule has 1 aliphatic heterocycles. The summed E-state index contributed by atoms with van der Waals surface area (Å²) in [5, 5.41) is 1.11. The third-order valence-electron chi connectivity index (χ3n) is 4.57. The molecule has 1 aliphatic rings. The number of fused-ring (bicyclic) bond motifs is 5. The van der Waals surface area contributed by atoms with Crippen molar-refractivity contribution in [2.45, 2.75) is 13.0 Å². The van der Waals surface area contributed by atoms with Crippen LogP contribution in [0, 0.1) is 0 Å². The fraction of sp³-hybridized carbons (Fsp3) is 0.200. The number of rotatable bonds is 1. The van der Waals surface area contributed by atoms with Crippen molar-refractivity contribution in [3.63, 3.8) is 0 Å². The molecule has 0 atom stereocenters. The van der Waals surface area contributed by atoms with Crippen molar-refractivity contribution in [3.05, 3.63) is 65.7 Å². The maximum Gasteiger partial charge on any atom is 0.260 e. The Bertz CT molecular complexity index is 928. The summed E-state index contributed by atoms with van der Waals surface area (Å²) >= 11 is 0. The molecule has 114 valence electrons. The van der Waals surface area contributed by atoms with E-state index < -0.39 is 0 Å². The largest absolute Gasteiger partial charge is 0.345 e. The van der Waals surface area contributed by atoms with Gasteiger partial charge in [-0.1, -0.05) is 30.3 Å². The third kappa shape index (κ3) is 2.12. The van der Waals surface area contributed by atoms with Crippen LogP contribution in [0.3, 0.4) is 0 Å². The summed E-state index contributed by atoms with van der Waals surface area (Å²) in [6.45, 7) is 0.904. The Morgan fingerprint density at radius 3 is 2.61 bits per heavy atom. The molecule has 3 nitrogen and oxygen atoms in total. The molecule has 2 heterocycles. The highest BCUT2D eigenvalue weighted by molar-refractivity contribution is 6.02. The molecule has 2 aromatic carbocycles. The molecule has 23 heavy (non-hydrogen) atoms. The highest BCUT2D eigenvalue weighted by Gasteiger charge is 2.31. The highest BCUT2D eigenvalue weighted by atomic mass is 16.2. The lowest BCUT2D eigenvalue weighted by Crippen LogP contribution is -2.43. The molecule has 1 amide bonds. The van der Waals surface area contributed by atoms with Gasteiger partial charge in [-0.25, -0.2) is 0 Å². The van der Waals surface area contributed by atoms with Crippen molar-refractivity contribution in [3.8, 4) is 11.3 Å². The molecule has 0 saturated heterocycles. The summed E-state index contributed by atoms with van der Waals surface area (Å²) in [7, 11) is 3.62. The molecule has 0 fully saturated rings. The molecular formula is C20H19N2O+. The van der Waals surface area contributed by atoms with Gasteiger partial charge < -0.3 is 4.90 Å². The molecule has 3 heteroatoms. The van der Waals surface area contributed by atoms with Crippen molar-refractivity contribution in [2.24, 2.45) is 0 Å². The monoisotopic (exact) mass is 303 g/mol. The average molecular weight is 303 g/mol. The normalized spacial score (nSPS) is 12.6. The summed E-state index contributed by atoms with van der Waals surface area (Å²) in [5.74, 6) is 0.0520. The summed E-state index contributed by atoms with van der Waals surface area (Å²) < 4.78 is 2.30. The second kappa shape index (κ2) is 5.20. The predicted octanol–water partition coefficient (Wildman–Crippen LogP) is 3.05. The lowest BCUT2D eigenvalue weighted by atomic mass is 9.92. The van der Waals surface area contributed by atoms with Crippen LogP contribution in [0.5, 0.6) is 0 Å². The summed E-state index contributed by atoms with van der Waals surface area (Å²) in [4.78, 5) is 14.4. The highest BCUT2D eigenvalue weighted by Crippen LogP contribution is 2.31. The maximum atomic E-state index is 12.8. The van der Waals surface area contributed by atoms with Crippen molar-refractivity contribution in [2.75, 3.05) is 14.1 Å². The quantitative estimate of drug-likeness (QED) is 0.634. The summed E-state index contributed by atoms with van der Waals surface area (Å²) in [6.07, 6.45) is 0.997. The van der Waals surface area contributed by atoms with Crippen LogP contribution in [-0.4, -0.2) is 24.9 Å². The zero-order valence-electron chi connectivity index (χ0n) is 13.4. The van der Waals surface area contributed by atoms with E-state index in [2.05, 4.69) is 41.0 Å². The minimum absolute atomic E-state index is 0.0520. The zero-order valence-corrected chi connectivity index (χ0v) is 13.4. The van der Waals surface area contributed by atoms with E-state index in [1.165, 1.54) is 16.6 Å². The van der Waals surface area contributed by atoms with Crippen molar-refractivity contribution < 1.29 is 9.36 Å². The first-order chi connectivity index (χ1) is 11.2. The van der Waals surface area contributed by atoms with E-state index in [0.717, 1.165) is 29.6 Å². The molecule has 0 N–H and O–H groups in total. The first kappa shape index (κ1) is 13.9. The average Bonchev–Trinajstić information content (AvgIpc) is 2.59. The van der Waals surface area contributed by atoms with Crippen LogP contribution < -0.4 is 4.57 Å². The molecule has 4 rings (SSSR count). The number of hydrogen-bond donors (Lipinski definition) is 0. The summed E-state index contributed by atoms with van der Waals surface area (Å²) in [5.41, 5.74) is 5.50. The van der Waals surface area contributed by atoms with Gasteiger partial charge in [0.25, 0.3) is 5.91 Å². The fourth-order valence-electron chi connectivity index (χ4n) is 3.47. The van der Waals surface area contributed by atoms with E-state index in [4.69, 9.17) is 0 Å². The lowest BCUT2D eigenvalue weighted by Gasteiger charge is -2.20. The van der Waals surface area contributed by atoms with E-state index in [9.17, 15) is 4.79 Å². The lowest BCUT2D eigenvalue weighted by molar-refractivity contribution is -0.662. The van der Waals surface area contributed by atoms with Crippen LogP contribution in [0.25, 0.3) is 22.2 Å². The smallest absolute Gasteiger partial charge is 0.260 e. The number of nitrogens with zero attached hydrogens (tertiary/aromatic N) is 2. The molecule has 0 spiro atoms. The molecule has 0 aliphatic carbocycles. The molecule has 0 unspecified atom stereocenters. The van der Waals surface area contributed by atoms with E-state index in [1.807, 2.05) is 32.3 Å². The molecule has 0 bridgehead atoms. The Labute approximate surface area is 135 Å². The van der Waals surface area contributed by atoms with Crippen LogP contribution in [0.2, 0.25) is 0 Å². The number of pyridine rings is 1. The SMILES string of the molecule is CN(C)C(=O)c1cc2ccccc2[n+]2c1-c1ccccc1CC2. The first-order valence-corrected chi connectivity index (χ1v) is 7.92. The van der Waals surface area contributed by atoms with Gasteiger partial charge in [-0.2, -0.15) is 4.57 Å². The van der Waals surface area contributed by atoms with Gasteiger partial charge in [-0.05, 0) is 23.8 Å². The Morgan fingerprint density at radius 2 is 1.78 bits per heavy atom. The first-order valence-electron chi connectivity index (χ1n) is 7.92. The third-order valence-corrected chi connectivity index (χ3v) is 4.57. The second-order valence-electron chi connectivity index (χ2n) is 6.22. The molecule has 0 saturated carbocycles. The van der Waals surface area contributed by atoms with Crippen LogP contribution in [-0.2, 0) is 13.0 Å². The number of aryl methyl sites for hydroxylation is 2. The minimum Gasteiger partial charge on any atom is -0.345 e. The zero-order chi connectivity index (χ0) is 16.0. The maximum absolute atomic E-state index is 12.8. The molecular weight excluding hydrogens is 284 g/mol. The molecule has 3 aromatic rings. The van der Waals surface area contributed by atoms with E-state index in [-0.39, 0.29) is 5.91 Å². The van der Waals surface area contributed by atoms with Crippen molar-refractivity contribution in [1.29, 1.82) is 0 Å². The summed E-state index contributed by atoms with van der Waals surface area (Å²) in [6, 6.07) is 18.7. The molecule has 1 aromatic heterocycles. The van der Waals surface area contributed by atoms with Crippen LogP contribution in [0.15, 0.2) is 54.6 Å². The fourth-order valence-corrected chi connectivity index (χ4v) is 3.47. The van der Waals surface area contributed by atoms with Crippen molar-refractivity contribution in [1.82, 2.24) is 4.90 Å². The Hall–Kier alpha value is -2.68. The van der Waals surface area contributed by atoms with E-state index >= 15 is 0 Å². The van der Waals surface area contributed by atoms with Gasteiger partial charge in [-0.3, -0.25) is 4.79 Å². The van der Waals surface area contributed by atoms with Gasteiger partial charge in [0.15, 0.2) is 6.54 Å². The van der Waals surface area contributed by atoms with Crippen LogP contribution in [0.1, 0.15) is 15.9 Å². The van der Waals surface area contributed by atoms with Gasteiger partial charge >= 0.3 is 0 Å². The predicted molar refractivity (Wildman–Crippen MR) is 91.3 cm³/mol. The van der Waals surface area contributed by atoms with Gasteiger partial charge in [0, 0.05) is 32.0 Å². The number of para-hydroxylation sites is 1. The van der Waals surface area contributed by atoms with Crippen molar-refractivity contribution >= 4 is 16.8 Å². The van der Waals surface area contributed by atoms with E-state index in [1.54, 1.807) is 4.90 Å². The number of amides is 1. The van der Waals surface area contributed by atoms with Crippen LogP contribution >= 0.6 is 0 Å². The Morgan fingerprint density at radius 1 is 1.04 bits per heavy atom. The van der Waals surface area contributed by atoms with Gasteiger partial charge in [-0.15, -0.1) is 0 Å². The Balaban J connectivity index is 2.12.